The van der Waals surface area contributed by atoms with Crippen LogP contribution in [0.4, 0.5) is 0 Å². The average Bonchev–Trinajstić information content (AvgIpc) is 1.61. The molecule has 0 spiro atoms. The van der Waals surface area contributed by atoms with Gasteiger partial charge in [-0.25, -0.2) is 9.13 Å². The highest BCUT2D eigenvalue weighted by molar-refractivity contribution is 7.47. The fourth-order valence-corrected chi connectivity index (χ4v) is 13.3. The molecule has 3 N–H and O–H groups in total. The predicted molar refractivity (Wildman–Crippen MR) is 386 cm³/mol. The number of aliphatic hydroxyl groups excluding tert-OH is 1. The average molecular weight is 1400 g/mol. The molecule has 0 heterocycles. The lowest BCUT2D eigenvalue weighted by Crippen LogP contribution is -2.30. The quantitative estimate of drug-likeness (QED) is 0.0222. The minimum atomic E-state index is -4.96. The third kappa shape index (κ3) is 70.3. The minimum absolute atomic E-state index is 0.106. The van der Waals surface area contributed by atoms with Crippen LogP contribution in [0.3, 0.4) is 0 Å². The first-order valence-electron chi connectivity index (χ1n) is 39.6. The van der Waals surface area contributed by atoms with Gasteiger partial charge in [0.1, 0.15) is 19.3 Å². The summed E-state index contributed by atoms with van der Waals surface area (Å²) in [6.07, 6.45) is 58.4. The molecule has 0 fully saturated rings. The largest absolute Gasteiger partial charge is 0.472 e. The molecule has 0 radical (unpaired) electrons. The van der Waals surface area contributed by atoms with Crippen molar-refractivity contribution >= 4 is 39.5 Å². The van der Waals surface area contributed by atoms with Crippen LogP contribution in [0.5, 0.6) is 0 Å². The maximum Gasteiger partial charge on any atom is 0.472 e. The number of ether oxygens (including phenoxy) is 4. The Morgan fingerprint density at radius 2 is 0.484 bits per heavy atom. The van der Waals surface area contributed by atoms with Crippen LogP contribution in [0.2, 0.25) is 0 Å². The Hall–Kier alpha value is -1.94. The zero-order valence-corrected chi connectivity index (χ0v) is 63.6. The number of hydrogen-bond donors (Lipinski definition) is 3. The van der Waals surface area contributed by atoms with Gasteiger partial charge >= 0.3 is 39.5 Å². The summed E-state index contributed by atoms with van der Waals surface area (Å²) in [6.45, 7) is 7.25. The molecule has 2 unspecified atom stereocenters. The van der Waals surface area contributed by atoms with E-state index < -0.39 is 97.5 Å². The first-order valence-corrected chi connectivity index (χ1v) is 42.6. The Morgan fingerprint density at radius 3 is 0.716 bits per heavy atom. The van der Waals surface area contributed by atoms with E-state index in [0.717, 1.165) is 95.8 Å². The van der Waals surface area contributed by atoms with Crippen molar-refractivity contribution in [2.75, 3.05) is 39.6 Å². The van der Waals surface area contributed by atoms with Crippen molar-refractivity contribution in [2.45, 2.75) is 419 Å². The zero-order chi connectivity index (χ0) is 69.8. The van der Waals surface area contributed by atoms with Gasteiger partial charge in [-0.05, 0) is 31.6 Å². The molecule has 17 nitrogen and oxygen atoms in total. The summed E-state index contributed by atoms with van der Waals surface area (Å²) in [7, 11) is -9.91. The molecule has 564 valence electrons. The molecule has 0 aliphatic carbocycles. The highest BCUT2D eigenvalue weighted by atomic mass is 31.2. The molecule has 0 aromatic carbocycles. The highest BCUT2D eigenvalue weighted by Crippen LogP contribution is 2.45. The number of hydrogen-bond acceptors (Lipinski definition) is 15. The molecule has 0 rings (SSSR count). The number of rotatable bonds is 76. The van der Waals surface area contributed by atoms with Crippen molar-refractivity contribution in [3.63, 3.8) is 0 Å². The number of carbonyl (C=O) groups is 4. The number of esters is 4. The summed E-state index contributed by atoms with van der Waals surface area (Å²) in [5.41, 5.74) is 0. The van der Waals surface area contributed by atoms with Gasteiger partial charge in [0, 0.05) is 25.7 Å². The number of phosphoric acid groups is 2. The van der Waals surface area contributed by atoms with Crippen LogP contribution in [-0.2, 0) is 65.4 Å². The Bertz CT molecular complexity index is 1820. The van der Waals surface area contributed by atoms with Gasteiger partial charge in [-0.15, -0.1) is 0 Å². The molecule has 0 amide bonds. The molecule has 95 heavy (non-hydrogen) atoms. The van der Waals surface area contributed by atoms with Gasteiger partial charge < -0.3 is 33.8 Å². The van der Waals surface area contributed by atoms with Gasteiger partial charge in [0.25, 0.3) is 0 Å². The normalized spacial score (nSPS) is 13.9. The molecule has 0 aromatic rings. The van der Waals surface area contributed by atoms with Gasteiger partial charge in [0.05, 0.1) is 26.4 Å². The molecule has 5 atom stereocenters. The lowest BCUT2D eigenvalue weighted by molar-refractivity contribution is -0.161. The summed E-state index contributed by atoms with van der Waals surface area (Å²) in [4.78, 5) is 72.7. The first kappa shape index (κ1) is 93.1. The fourth-order valence-electron chi connectivity index (χ4n) is 11.7. The van der Waals surface area contributed by atoms with Gasteiger partial charge in [-0.2, -0.15) is 0 Å². The Balaban J connectivity index is 5.18. The lowest BCUT2D eigenvalue weighted by atomic mass is 10.0. The van der Waals surface area contributed by atoms with Gasteiger partial charge in [0.15, 0.2) is 12.2 Å². The van der Waals surface area contributed by atoms with Crippen LogP contribution in [0.1, 0.15) is 401 Å². The van der Waals surface area contributed by atoms with Crippen LogP contribution in [0.15, 0.2) is 0 Å². The van der Waals surface area contributed by atoms with Gasteiger partial charge in [-0.3, -0.25) is 37.3 Å². The van der Waals surface area contributed by atoms with Crippen LogP contribution in [0.25, 0.3) is 0 Å². The molecular formula is C76H148O17P2. The maximum atomic E-state index is 13.1. The minimum Gasteiger partial charge on any atom is -0.462 e. The van der Waals surface area contributed by atoms with Crippen LogP contribution < -0.4 is 0 Å². The topological polar surface area (TPSA) is 237 Å². The number of phosphoric ester groups is 2. The van der Waals surface area contributed by atoms with Gasteiger partial charge in [0.2, 0.25) is 0 Å². The second kappa shape index (κ2) is 69.2. The van der Waals surface area contributed by atoms with Crippen molar-refractivity contribution in [3.8, 4) is 0 Å². The molecule has 0 aliphatic heterocycles. The SMILES string of the molecule is CCCCCCCCCCCCCCCCCCCCCCCC(=O)O[C@H](COC(=O)CCCCCCCCCCCCCCC)COP(=O)(O)OC[C@@H](O)COP(=O)(O)OC[C@@H](COC(=O)CCCCCCCCCCC)OC(=O)CCCCCCCCCCCC(C)C. The van der Waals surface area contributed by atoms with E-state index in [1.165, 1.54) is 225 Å². The fraction of sp³-hybridized carbons (Fsp3) is 0.947. The van der Waals surface area contributed by atoms with E-state index in [9.17, 15) is 43.2 Å². The molecule has 0 aliphatic rings. The molecular weight excluding hydrogens is 1250 g/mol. The van der Waals surface area contributed by atoms with E-state index in [-0.39, 0.29) is 25.7 Å². The van der Waals surface area contributed by atoms with E-state index in [1.807, 2.05) is 0 Å². The Labute approximate surface area is 581 Å². The Morgan fingerprint density at radius 1 is 0.284 bits per heavy atom. The smallest absolute Gasteiger partial charge is 0.462 e. The van der Waals surface area contributed by atoms with Crippen molar-refractivity contribution in [3.05, 3.63) is 0 Å². The van der Waals surface area contributed by atoms with Crippen molar-refractivity contribution in [1.82, 2.24) is 0 Å². The lowest BCUT2D eigenvalue weighted by Gasteiger charge is -2.21. The third-order valence-corrected chi connectivity index (χ3v) is 19.7. The van der Waals surface area contributed by atoms with Gasteiger partial charge in [-0.1, -0.05) is 349 Å². The van der Waals surface area contributed by atoms with E-state index in [4.69, 9.17) is 37.0 Å². The van der Waals surface area contributed by atoms with Crippen molar-refractivity contribution < 1.29 is 80.2 Å². The monoisotopic (exact) mass is 1400 g/mol. The van der Waals surface area contributed by atoms with E-state index in [1.54, 1.807) is 0 Å². The molecule has 19 heteroatoms. The van der Waals surface area contributed by atoms with Crippen LogP contribution in [-0.4, -0.2) is 96.7 Å². The maximum absolute atomic E-state index is 13.1. The Kier molecular flexibility index (Phi) is 67.7. The van der Waals surface area contributed by atoms with E-state index in [0.29, 0.717) is 25.7 Å². The second-order valence-corrected chi connectivity index (χ2v) is 30.8. The summed E-state index contributed by atoms with van der Waals surface area (Å²) in [5.74, 6) is -1.38. The molecule has 0 saturated heterocycles. The molecule has 0 saturated carbocycles. The summed E-state index contributed by atoms with van der Waals surface area (Å²) >= 11 is 0. The number of aliphatic hydroxyl groups is 1. The zero-order valence-electron chi connectivity index (χ0n) is 61.8. The highest BCUT2D eigenvalue weighted by Gasteiger charge is 2.30. The number of carbonyl (C=O) groups excluding carboxylic acids is 4. The standard InChI is InChI=1S/C76H148O17P2/c1-6-9-12-15-18-21-23-25-26-27-28-29-30-31-32-34-36-41-46-51-56-61-75(80)92-72(66-87-74(79)60-55-50-45-40-35-33-24-22-19-16-13-10-7-2)68-91-95(84,85)89-64-70(77)63-88-94(82,83)90-67-71(65-86-73(78)59-54-49-44-38-20-17-14-11-8-3)93-76(81)62-57-52-47-42-37-39-43-48-53-58-69(4)5/h69-72,77H,6-68H2,1-5H3,(H,82,83)(H,84,85)/t70-,71+,72+/m0/s1. The van der Waals surface area contributed by atoms with E-state index >= 15 is 0 Å². The second-order valence-electron chi connectivity index (χ2n) is 27.9. The molecule has 0 bridgehead atoms. The first-order chi connectivity index (χ1) is 46.0. The van der Waals surface area contributed by atoms with Crippen LogP contribution >= 0.6 is 15.6 Å². The summed E-state index contributed by atoms with van der Waals surface area (Å²) in [5, 5.41) is 10.6. The van der Waals surface area contributed by atoms with E-state index in [2.05, 4.69) is 34.6 Å². The predicted octanol–water partition coefficient (Wildman–Crippen LogP) is 22.5. The van der Waals surface area contributed by atoms with Crippen LogP contribution in [0, 0.1) is 5.92 Å². The molecule has 0 aromatic heterocycles. The third-order valence-electron chi connectivity index (χ3n) is 17.8. The summed E-state index contributed by atoms with van der Waals surface area (Å²) < 4.78 is 68.5. The number of unbranched alkanes of at least 4 members (excludes halogenated alkanes) is 48. The van der Waals surface area contributed by atoms with Crippen molar-refractivity contribution in [1.29, 1.82) is 0 Å². The summed E-state index contributed by atoms with van der Waals surface area (Å²) in [6, 6.07) is 0. The van der Waals surface area contributed by atoms with Crippen molar-refractivity contribution in [2.24, 2.45) is 5.92 Å².